The van der Waals surface area contributed by atoms with Crippen LogP contribution in [0.1, 0.15) is 42.1 Å². The first-order valence-corrected chi connectivity index (χ1v) is 7.40. The smallest absolute Gasteiger partial charge is 0.163 e. The second-order valence-electron chi connectivity index (χ2n) is 5.58. The van der Waals surface area contributed by atoms with Crippen LogP contribution in [0.5, 0.6) is 0 Å². The Kier molecular flexibility index (Phi) is 5.42. The molecule has 0 N–H and O–H groups in total. The molecule has 2 heteroatoms. The number of carbonyl (C=O) groups excluding carboxylic acids is 2. The molecular formula is C20H20O2. The number of ketones is 2. The molecule has 2 aromatic rings. The molecule has 0 bridgehead atoms. The van der Waals surface area contributed by atoms with E-state index in [1.165, 1.54) is 0 Å². The minimum Gasteiger partial charge on any atom is -0.294 e. The Balaban J connectivity index is 2.27. The summed E-state index contributed by atoms with van der Waals surface area (Å²) in [5.74, 6) is -0.454. The van der Waals surface area contributed by atoms with Gasteiger partial charge in [0, 0.05) is 12.0 Å². The largest absolute Gasteiger partial charge is 0.294 e. The van der Waals surface area contributed by atoms with Gasteiger partial charge in [-0.05, 0) is 25.5 Å². The van der Waals surface area contributed by atoms with E-state index < -0.39 is 5.92 Å². The third-order valence-corrected chi connectivity index (χ3v) is 3.46. The second kappa shape index (κ2) is 7.51. The molecule has 112 valence electrons. The average Bonchev–Trinajstić information content (AvgIpc) is 2.53. The molecule has 0 radical (unpaired) electrons. The number of carbonyl (C=O) groups is 2. The zero-order valence-corrected chi connectivity index (χ0v) is 13.0. The van der Waals surface area contributed by atoms with E-state index in [0.29, 0.717) is 5.56 Å². The van der Waals surface area contributed by atoms with Gasteiger partial charge in [0.15, 0.2) is 11.6 Å². The van der Waals surface area contributed by atoms with Crippen molar-refractivity contribution in [1.82, 2.24) is 0 Å². The minimum atomic E-state index is -0.427. The Morgan fingerprint density at radius 1 is 0.909 bits per heavy atom. The Morgan fingerprint density at radius 2 is 1.45 bits per heavy atom. The van der Waals surface area contributed by atoms with Gasteiger partial charge in [0.25, 0.3) is 0 Å². The van der Waals surface area contributed by atoms with Crippen LogP contribution in [0.3, 0.4) is 0 Å². The highest BCUT2D eigenvalue weighted by molar-refractivity contribution is 6.03. The topological polar surface area (TPSA) is 34.1 Å². The summed E-state index contributed by atoms with van der Waals surface area (Å²) in [6.07, 6.45) is 1.81. The first-order chi connectivity index (χ1) is 10.6. The maximum absolute atomic E-state index is 12.5. The third kappa shape index (κ3) is 4.26. The number of rotatable bonds is 6. The van der Waals surface area contributed by atoms with Gasteiger partial charge in [0.05, 0.1) is 5.92 Å². The molecule has 0 aromatic heterocycles. The molecule has 0 aliphatic carbocycles. The number of hydrogen-bond donors (Lipinski definition) is 0. The van der Waals surface area contributed by atoms with Gasteiger partial charge >= 0.3 is 0 Å². The van der Waals surface area contributed by atoms with Crippen LogP contribution in [-0.4, -0.2) is 11.6 Å². The zero-order valence-electron chi connectivity index (χ0n) is 13.0. The summed E-state index contributed by atoms with van der Waals surface area (Å²) in [6.45, 7) is 3.78. The van der Waals surface area contributed by atoms with Crippen molar-refractivity contribution < 1.29 is 9.59 Å². The maximum Gasteiger partial charge on any atom is 0.163 e. The Morgan fingerprint density at radius 3 is 2.00 bits per heavy atom. The second-order valence-corrected chi connectivity index (χ2v) is 5.58. The Hall–Kier alpha value is -2.48. The van der Waals surface area contributed by atoms with Crippen molar-refractivity contribution >= 4 is 11.6 Å². The van der Waals surface area contributed by atoms with E-state index >= 15 is 0 Å². The van der Waals surface area contributed by atoms with Crippen molar-refractivity contribution in [2.24, 2.45) is 0 Å². The van der Waals surface area contributed by atoms with Gasteiger partial charge in [-0.15, -0.1) is 0 Å². The van der Waals surface area contributed by atoms with E-state index in [9.17, 15) is 9.59 Å². The lowest BCUT2D eigenvalue weighted by atomic mass is 9.87. The van der Waals surface area contributed by atoms with Crippen LogP contribution in [0.15, 0.2) is 72.3 Å². The molecule has 0 spiro atoms. The molecule has 0 saturated carbocycles. The van der Waals surface area contributed by atoms with Crippen LogP contribution in [0.2, 0.25) is 0 Å². The zero-order chi connectivity index (χ0) is 15.9. The van der Waals surface area contributed by atoms with Gasteiger partial charge in [-0.2, -0.15) is 0 Å². The molecule has 1 atom stereocenters. The molecule has 2 rings (SSSR count). The first kappa shape index (κ1) is 15.9. The van der Waals surface area contributed by atoms with Crippen molar-refractivity contribution in [3.05, 3.63) is 83.4 Å². The lowest BCUT2D eigenvalue weighted by Crippen LogP contribution is -2.15. The van der Waals surface area contributed by atoms with E-state index in [1.807, 2.05) is 62.4 Å². The summed E-state index contributed by atoms with van der Waals surface area (Å²) in [5.41, 5.74) is 2.47. The van der Waals surface area contributed by atoms with Crippen LogP contribution in [0.25, 0.3) is 0 Å². The average molecular weight is 292 g/mol. The summed E-state index contributed by atoms with van der Waals surface area (Å²) in [5, 5.41) is 0. The van der Waals surface area contributed by atoms with E-state index in [4.69, 9.17) is 0 Å². The molecule has 0 aliphatic heterocycles. The molecule has 0 amide bonds. The van der Waals surface area contributed by atoms with Crippen molar-refractivity contribution in [2.45, 2.75) is 26.2 Å². The quantitative estimate of drug-likeness (QED) is 0.577. The lowest BCUT2D eigenvalue weighted by Gasteiger charge is -2.14. The highest BCUT2D eigenvalue weighted by Gasteiger charge is 2.22. The highest BCUT2D eigenvalue weighted by atomic mass is 16.1. The van der Waals surface area contributed by atoms with Crippen molar-refractivity contribution in [3.8, 4) is 0 Å². The summed E-state index contributed by atoms with van der Waals surface area (Å²) < 4.78 is 0. The Bertz CT molecular complexity index is 665. The number of Topliss-reactive ketones (excluding diaryl/α,β-unsaturated/α-hetero) is 1. The SMILES string of the molecule is CC(C)=CC(=O)C(CC(=O)c1ccccc1)c1ccccc1. The summed E-state index contributed by atoms with van der Waals surface area (Å²) in [4.78, 5) is 24.9. The lowest BCUT2D eigenvalue weighted by molar-refractivity contribution is -0.116. The van der Waals surface area contributed by atoms with Gasteiger partial charge in [-0.3, -0.25) is 9.59 Å². The number of benzene rings is 2. The van der Waals surface area contributed by atoms with Gasteiger partial charge < -0.3 is 0 Å². The van der Waals surface area contributed by atoms with E-state index in [1.54, 1.807) is 18.2 Å². The summed E-state index contributed by atoms with van der Waals surface area (Å²) >= 11 is 0. The van der Waals surface area contributed by atoms with Crippen molar-refractivity contribution in [3.63, 3.8) is 0 Å². The highest BCUT2D eigenvalue weighted by Crippen LogP contribution is 2.24. The predicted octanol–water partition coefficient (Wildman–Crippen LogP) is 4.58. The van der Waals surface area contributed by atoms with Crippen LogP contribution in [-0.2, 0) is 4.79 Å². The van der Waals surface area contributed by atoms with Gasteiger partial charge in [-0.25, -0.2) is 0 Å². The van der Waals surface area contributed by atoms with Gasteiger partial charge in [0.2, 0.25) is 0 Å². The van der Waals surface area contributed by atoms with Crippen molar-refractivity contribution in [1.29, 1.82) is 0 Å². The predicted molar refractivity (Wildman–Crippen MR) is 89.0 cm³/mol. The van der Waals surface area contributed by atoms with Crippen LogP contribution in [0, 0.1) is 0 Å². The van der Waals surface area contributed by atoms with Gasteiger partial charge in [0.1, 0.15) is 0 Å². The Labute approximate surface area is 131 Å². The molecule has 2 aromatic carbocycles. The summed E-state index contributed by atoms with van der Waals surface area (Å²) in [6, 6.07) is 18.6. The molecule has 0 fully saturated rings. The molecule has 0 saturated heterocycles. The molecular weight excluding hydrogens is 272 g/mol. The fraction of sp³-hybridized carbons (Fsp3) is 0.200. The van der Waals surface area contributed by atoms with E-state index in [2.05, 4.69) is 0 Å². The standard InChI is InChI=1S/C20H20O2/c1-15(2)13-20(22)18(16-9-5-3-6-10-16)14-19(21)17-11-7-4-8-12-17/h3-13,18H,14H2,1-2H3. The number of allylic oxidation sites excluding steroid dienone is 2. The van der Waals surface area contributed by atoms with E-state index in [0.717, 1.165) is 11.1 Å². The minimum absolute atomic E-state index is 0.00930. The van der Waals surface area contributed by atoms with Gasteiger partial charge in [-0.1, -0.05) is 66.2 Å². The monoisotopic (exact) mass is 292 g/mol. The normalized spacial score (nSPS) is 11.5. The molecule has 1 unspecified atom stereocenters. The summed E-state index contributed by atoms with van der Waals surface area (Å²) in [7, 11) is 0. The van der Waals surface area contributed by atoms with Crippen LogP contribution < -0.4 is 0 Å². The molecule has 2 nitrogen and oxygen atoms in total. The van der Waals surface area contributed by atoms with Crippen LogP contribution >= 0.6 is 0 Å². The fourth-order valence-corrected chi connectivity index (χ4v) is 2.38. The van der Waals surface area contributed by atoms with Crippen molar-refractivity contribution in [2.75, 3.05) is 0 Å². The van der Waals surface area contributed by atoms with Crippen LogP contribution in [0.4, 0.5) is 0 Å². The van der Waals surface area contributed by atoms with E-state index in [-0.39, 0.29) is 18.0 Å². The fourth-order valence-electron chi connectivity index (χ4n) is 2.38. The molecule has 22 heavy (non-hydrogen) atoms. The first-order valence-electron chi connectivity index (χ1n) is 7.40. The number of hydrogen-bond acceptors (Lipinski definition) is 2. The maximum atomic E-state index is 12.5. The molecule has 0 aliphatic rings. The third-order valence-electron chi connectivity index (χ3n) is 3.46. The molecule has 0 heterocycles.